The minimum atomic E-state index is 0.137. The molecule has 0 heterocycles. The monoisotopic (exact) mass is 127 g/mol. The molecule has 0 aromatic heterocycles. The van der Waals surface area contributed by atoms with Crippen molar-refractivity contribution in [2.24, 2.45) is 11.7 Å². The smallest absolute Gasteiger partial charge is 0.0151 e. The van der Waals surface area contributed by atoms with Crippen LogP contribution in [-0.4, -0.2) is 5.54 Å². The predicted molar refractivity (Wildman–Crippen MR) is 40.2 cm³/mol. The molecule has 0 aliphatic heterocycles. The highest BCUT2D eigenvalue weighted by Gasteiger charge is 2.28. The van der Waals surface area contributed by atoms with Crippen molar-refractivity contribution in [1.82, 2.24) is 0 Å². The summed E-state index contributed by atoms with van der Waals surface area (Å²) in [6.07, 6.45) is 5.26. The summed E-state index contributed by atoms with van der Waals surface area (Å²) in [7, 11) is 0. The Balaban J connectivity index is 2.49. The van der Waals surface area contributed by atoms with E-state index in [1.165, 1.54) is 25.7 Å². The zero-order valence-electron chi connectivity index (χ0n) is 6.48. The molecule has 0 aromatic rings. The highest BCUT2D eigenvalue weighted by atomic mass is 14.7. The van der Waals surface area contributed by atoms with E-state index < -0.39 is 0 Å². The van der Waals surface area contributed by atoms with Gasteiger partial charge in [0.05, 0.1) is 0 Å². The molecule has 1 heteroatoms. The van der Waals surface area contributed by atoms with Gasteiger partial charge in [0.15, 0.2) is 0 Å². The summed E-state index contributed by atoms with van der Waals surface area (Å²) < 4.78 is 0. The second-order valence-electron chi connectivity index (χ2n) is 3.65. The molecule has 0 spiro atoms. The van der Waals surface area contributed by atoms with E-state index in [1.807, 2.05) is 0 Å². The lowest BCUT2D eigenvalue weighted by atomic mass is 9.76. The Hall–Kier alpha value is -0.0400. The first-order chi connectivity index (χ1) is 4.13. The van der Waals surface area contributed by atoms with E-state index in [9.17, 15) is 0 Å². The highest BCUT2D eigenvalue weighted by molar-refractivity contribution is 4.87. The topological polar surface area (TPSA) is 26.0 Å². The second-order valence-corrected chi connectivity index (χ2v) is 3.65. The van der Waals surface area contributed by atoms with Gasteiger partial charge in [-0.25, -0.2) is 0 Å². The maximum Gasteiger partial charge on any atom is 0.0151 e. The molecule has 0 bridgehead atoms. The molecule has 1 fully saturated rings. The fourth-order valence-electron chi connectivity index (χ4n) is 1.53. The van der Waals surface area contributed by atoms with Crippen LogP contribution in [0.2, 0.25) is 0 Å². The van der Waals surface area contributed by atoms with Crippen molar-refractivity contribution in [3.63, 3.8) is 0 Å². The normalized spacial score (nSPS) is 45.0. The van der Waals surface area contributed by atoms with Crippen LogP contribution in [0.3, 0.4) is 0 Å². The molecule has 1 aliphatic carbocycles. The van der Waals surface area contributed by atoms with E-state index in [1.54, 1.807) is 0 Å². The molecule has 1 aliphatic rings. The maximum atomic E-state index is 6.02. The van der Waals surface area contributed by atoms with Crippen LogP contribution in [0.15, 0.2) is 0 Å². The molecular weight excluding hydrogens is 110 g/mol. The van der Waals surface area contributed by atoms with Crippen LogP contribution in [0.4, 0.5) is 0 Å². The van der Waals surface area contributed by atoms with Gasteiger partial charge < -0.3 is 5.73 Å². The molecule has 0 radical (unpaired) electrons. The largest absolute Gasteiger partial charge is 0.325 e. The third-order valence-corrected chi connectivity index (χ3v) is 2.73. The lowest BCUT2D eigenvalue weighted by Crippen LogP contribution is -2.44. The van der Waals surface area contributed by atoms with E-state index in [0.29, 0.717) is 0 Å². The lowest BCUT2D eigenvalue weighted by Gasteiger charge is -2.35. The summed E-state index contributed by atoms with van der Waals surface area (Å²) in [6, 6.07) is 0. The van der Waals surface area contributed by atoms with Crippen molar-refractivity contribution >= 4 is 0 Å². The van der Waals surface area contributed by atoms with Gasteiger partial charge in [0, 0.05) is 5.54 Å². The molecule has 54 valence electrons. The molecule has 9 heavy (non-hydrogen) atoms. The summed E-state index contributed by atoms with van der Waals surface area (Å²) in [5, 5.41) is 0. The number of nitrogens with two attached hydrogens (primary N) is 1. The molecule has 2 N–H and O–H groups in total. The zero-order chi connectivity index (χ0) is 6.91. The molecular formula is C8H17N. The quantitative estimate of drug-likeness (QED) is 0.528. The molecule has 2 atom stereocenters. The van der Waals surface area contributed by atoms with Crippen molar-refractivity contribution < 1.29 is 0 Å². The summed E-state index contributed by atoms with van der Waals surface area (Å²) >= 11 is 0. The number of hydrogen-bond donors (Lipinski definition) is 1. The van der Waals surface area contributed by atoms with E-state index in [4.69, 9.17) is 5.73 Å². The van der Waals surface area contributed by atoms with Crippen molar-refractivity contribution in [3.05, 3.63) is 0 Å². The van der Waals surface area contributed by atoms with Gasteiger partial charge in [-0.05, 0) is 25.7 Å². The zero-order valence-corrected chi connectivity index (χ0v) is 6.48. The Kier molecular flexibility index (Phi) is 1.80. The van der Waals surface area contributed by atoms with E-state index in [2.05, 4.69) is 13.8 Å². The van der Waals surface area contributed by atoms with Gasteiger partial charge >= 0.3 is 0 Å². The molecule has 0 saturated heterocycles. The average Bonchev–Trinajstić information content (AvgIpc) is 1.77. The van der Waals surface area contributed by atoms with Crippen LogP contribution < -0.4 is 5.73 Å². The minimum Gasteiger partial charge on any atom is -0.325 e. The third-order valence-electron chi connectivity index (χ3n) is 2.73. The van der Waals surface area contributed by atoms with Crippen molar-refractivity contribution in [2.75, 3.05) is 0 Å². The molecule has 1 saturated carbocycles. The van der Waals surface area contributed by atoms with Crippen LogP contribution >= 0.6 is 0 Å². The first-order valence-electron chi connectivity index (χ1n) is 3.92. The van der Waals surface area contributed by atoms with E-state index in [0.717, 1.165) is 5.92 Å². The van der Waals surface area contributed by atoms with Gasteiger partial charge in [0.2, 0.25) is 0 Å². The van der Waals surface area contributed by atoms with Gasteiger partial charge in [-0.15, -0.1) is 0 Å². The predicted octanol–water partition coefficient (Wildman–Crippen LogP) is 1.91. The third kappa shape index (κ3) is 1.45. The number of rotatable bonds is 0. The minimum absolute atomic E-state index is 0.137. The van der Waals surface area contributed by atoms with E-state index >= 15 is 0 Å². The van der Waals surface area contributed by atoms with Gasteiger partial charge in [0.25, 0.3) is 0 Å². The first kappa shape index (κ1) is 7.07. The Labute approximate surface area is 57.6 Å². The first-order valence-corrected chi connectivity index (χ1v) is 3.92. The summed E-state index contributed by atoms with van der Waals surface area (Å²) in [6.45, 7) is 4.44. The van der Waals surface area contributed by atoms with Crippen LogP contribution in [0.5, 0.6) is 0 Å². The average molecular weight is 127 g/mol. The van der Waals surface area contributed by atoms with Gasteiger partial charge in [-0.2, -0.15) is 0 Å². The summed E-state index contributed by atoms with van der Waals surface area (Å²) in [5.74, 6) is 0.728. The molecule has 0 aromatic carbocycles. The second kappa shape index (κ2) is 2.30. The molecule has 2 unspecified atom stereocenters. The Morgan fingerprint density at radius 3 is 2.44 bits per heavy atom. The maximum absolute atomic E-state index is 6.02. The van der Waals surface area contributed by atoms with Crippen molar-refractivity contribution in [1.29, 1.82) is 0 Å². The highest BCUT2D eigenvalue weighted by Crippen LogP contribution is 2.30. The van der Waals surface area contributed by atoms with Gasteiger partial charge in [0.1, 0.15) is 0 Å². The number of hydrogen-bond acceptors (Lipinski definition) is 1. The summed E-state index contributed by atoms with van der Waals surface area (Å²) in [4.78, 5) is 0. The van der Waals surface area contributed by atoms with E-state index in [-0.39, 0.29) is 5.54 Å². The fourth-order valence-corrected chi connectivity index (χ4v) is 1.53. The van der Waals surface area contributed by atoms with Crippen LogP contribution in [0, 0.1) is 5.92 Å². The fraction of sp³-hybridized carbons (Fsp3) is 1.00. The standard InChI is InChI=1S/C8H17N/c1-7-5-3-4-6-8(7,2)9/h7H,3-6,9H2,1-2H3. The molecule has 1 rings (SSSR count). The van der Waals surface area contributed by atoms with Gasteiger partial charge in [-0.1, -0.05) is 19.8 Å². The lowest BCUT2D eigenvalue weighted by molar-refractivity contribution is 0.226. The van der Waals surface area contributed by atoms with Crippen LogP contribution in [-0.2, 0) is 0 Å². The SMILES string of the molecule is CC1CCCCC1(C)N. The van der Waals surface area contributed by atoms with Gasteiger partial charge in [-0.3, -0.25) is 0 Å². The van der Waals surface area contributed by atoms with Crippen molar-refractivity contribution in [3.8, 4) is 0 Å². The molecule has 0 amide bonds. The Bertz CT molecular complexity index is 96.7. The Morgan fingerprint density at radius 1 is 1.44 bits per heavy atom. The summed E-state index contributed by atoms with van der Waals surface area (Å²) in [5.41, 5.74) is 6.16. The van der Waals surface area contributed by atoms with Crippen LogP contribution in [0.1, 0.15) is 39.5 Å². The molecule has 1 nitrogen and oxygen atoms in total. The van der Waals surface area contributed by atoms with Crippen molar-refractivity contribution in [2.45, 2.75) is 45.1 Å². The Morgan fingerprint density at radius 2 is 2.11 bits per heavy atom. The van der Waals surface area contributed by atoms with Crippen LogP contribution in [0.25, 0.3) is 0 Å².